The SMILES string of the molecule is COc1ncc(C(F)(F)F)cc1CNC(=O)C(O)(c1ccccc1)C(F)(F)C(F)(F)F. The van der Waals surface area contributed by atoms with Gasteiger partial charge in [0.2, 0.25) is 11.5 Å². The lowest BCUT2D eigenvalue weighted by molar-refractivity contribution is -0.337. The van der Waals surface area contributed by atoms with Gasteiger partial charge < -0.3 is 15.2 Å². The summed E-state index contributed by atoms with van der Waals surface area (Å²) in [7, 11) is 1.01. The highest BCUT2D eigenvalue weighted by atomic mass is 19.4. The van der Waals surface area contributed by atoms with E-state index in [2.05, 4.69) is 4.98 Å². The number of carbonyl (C=O) groups is 1. The van der Waals surface area contributed by atoms with Crippen molar-refractivity contribution in [3.8, 4) is 5.88 Å². The molecule has 2 N–H and O–H groups in total. The van der Waals surface area contributed by atoms with Crippen LogP contribution in [0.2, 0.25) is 0 Å². The summed E-state index contributed by atoms with van der Waals surface area (Å²) in [6.45, 7) is -0.998. The molecule has 0 aliphatic heterocycles. The molecule has 1 atom stereocenters. The number of nitrogens with one attached hydrogen (secondary N) is 1. The van der Waals surface area contributed by atoms with E-state index in [9.17, 15) is 45.0 Å². The van der Waals surface area contributed by atoms with E-state index in [1.807, 2.05) is 0 Å². The number of alkyl halides is 8. The molecule has 2 rings (SSSR count). The quantitative estimate of drug-likeness (QED) is 0.646. The number of halogens is 8. The first-order valence-electron chi connectivity index (χ1n) is 8.27. The minimum atomic E-state index is -6.33. The van der Waals surface area contributed by atoms with E-state index in [-0.39, 0.29) is 0 Å². The number of methoxy groups -OCH3 is 1. The van der Waals surface area contributed by atoms with Gasteiger partial charge in [-0.2, -0.15) is 35.1 Å². The molecule has 0 fully saturated rings. The maximum atomic E-state index is 14.2. The molecule has 1 unspecified atom stereocenters. The van der Waals surface area contributed by atoms with Gasteiger partial charge in [0.25, 0.3) is 5.91 Å². The predicted octanol–water partition coefficient (Wildman–Crippen LogP) is 3.81. The summed E-state index contributed by atoms with van der Waals surface area (Å²) in [5.41, 5.74) is -7.24. The standard InChI is InChI=1S/C18H14F8N2O3/c1-31-13-10(7-12(9-27-13)16(19,20)21)8-28-14(29)15(30,11-5-3-2-4-6-11)17(22,23)18(24,25)26/h2-7,9,30H,8H2,1H3,(H,28,29). The number of hydrogen-bond donors (Lipinski definition) is 2. The summed E-state index contributed by atoms with van der Waals surface area (Å²) in [4.78, 5) is 15.8. The zero-order valence-corrected chi connectivity index (χ0v) is 15.5. The first-order chi connectivity index (χ1) is 14.2. The van der Waals surface area contributed by atoms with E-state index in [0.717, 1.165) is 19.2 Å². The van der Waals surface area contributed by atoms with Crippen molar-refractivity contribution in [2.24, 2.45) is 0 Å². The van der Waals surface area contributed by atoms with Crippen LogP contribution in [0.5, 0.6) is 5.88 Å². The van der Waals surface area contributed by atoms with Crippen LogP contribution >= 0.6 is 0 Å². The van der Waals surface area contributed by atoms with Crippen molar-refractivity contribution in [1.82, 2.24) is 10.3 Å². The number of benzene rings is 1. The minimum Gasteiger partial charge on any atom is -0.481 e. The van der Waals surface area contributed by atoms with E-state index >= 15 is 0 Å². The Morgan fingerprint density at radius 3 is 2.10 bits per heavy atom. The minimum absolute atomic E-state index is 0.405. The van der Waals surface area contributed by atoms with Crippen LogP contribution in [-0.2, 0) is 23.1 Å². The number of amides is 1. The average molecular weight is 458 g/mol. The number of aliphatic hydroxyl groups is 1. The van der Waals surface area contributed by atoms with Gasteiger partial charge in [-0.05, 0) is 11.6 Å². The third kappa shape index (κ3) is 4.55. The van der Waals surface area contributed by atoms with E-state index in [4.69, 9.17) is 4.74 Å². The second-order valence-corrected chi connectivity index (χ2v) is 6.22. The maximum Gasteiger partial charge on any atom is 0.457 e. The fourth-order valence-corrected chi connectivity index (χ4v) is 2.61. The molecule has 1 heterocycles. The number of hydrogen-bond acceptors (Lipinski definition) is 4. The highest BCUT2D eigenvalue weighted by Crippen LogP contribution is 2.48. The summed E-state index contributed by atoms with van der Waals surface area (Å²) < 4.78 is 111. The third-order valence-electron chi connectivity index (χ3n) is 4.22. The zero-order valence-electron chi connectivity index (χ0n) is 15.5. The van der Waals surface area contributed by atoms with Crippen molar-refractivity contribution in [3.05, 3.63) is 59.3 Å². The summed E-state index contributed by atoms with van der Waals surface area (Å²) in [6.07, 6.45) is -10.8. The highest BCUT2D eigenvalue weighted by molar-refractivity contribution is 5.87. The Kier molecular flexibility index (Phi) is 6.50. The Morgan fingerprint density at radius 2 is 1.61 bits per heavy atom. The number of rotatable bonds is 6. The Bertz CT molecular complexity index is 932. The highest BCUT2D eigenvalue weighted by Gasteiger charge is 2.73. The molecular weight excluding hydrogens is 444 g/mol. The van der Waals surface area contributed by atoms with Crippen LogP contribution in [0.3, 0.4) is 0 Å². The molecule has 0 saturated heterocycles. The zero-order chi connectivity index (χ0) is 23.7. The second-order valence-electron chi connectivity index (χ2n) is 6.22. The third-order valence-corrected chi connectivity index (χ3v) is 4.22. The monoisotopic (exact) mass is 458 g/mol. The molecule has 5 nitrogen and oxygen atoms in total. The van der Waals surface area contributed by atoms with Gasteiger partial charge in [-0.25, -0.2) is 4.98 Å². The van der Waals surface area contributed by atoms with Crippen LogP contribution in [0.15, 0.2) is 42.6 Å². The number of nitrogens with zero attached hydrogens (tertiary/aromatic N) is 1. The Morgan fingerprint density at radius 1 is 1.03 bits per heavy atom. The molecular formula is C18H14F8N2O3. The second kappa shape index (κ2) is 8.29. The molecule has 0 saturated carbocycles. The first-order valence-corrected chi connectivity index (χ1v) is 8.27. The van der Waals surface area contributed by atoms with Crippen LogP contribution in [-0.4, -0.2) is 35.2 Å². The number of pyridine rings is 1. The molecule has 0 radical (unpaired) electrons. The molecule has 0 aliphatic rings. The van der Waals surface area contributed by atoms with Gasteiger partial charge in [-0.3, -0.25) is 4.79 Å². The number of carbonyl (C=O) groups excluding carboxylic acids is 1. The fraction of sp³-hybridized carbons (Fsp3) is 0.333. The normalized spacial score (nSPS) is 14.6. The molecule has 2 aromatic rings. The van der Waals surface area contributed by atoms with Crippen LogP contribution in [0.1, 0.15) is 16.7 Å². The van der Waals surface area contributed by atoms with Crippen molar-refractivity contribution in [1.29, 1.82) is 0 Å². The Balaban J connectivity index is 2.45. The molecule has 31 heavy (non-hydrogen) atoms. The Hall–Kier alpha value is -2.96. The van der Waals surface area contributed by atoms with Crippen molar-refractivity contribution >= 4 is 5.91 Å². The van der Waals surface area contributed by atoms with Gasteiger partial charge in [0.15, 0.2) is 0 Å². The predicted molar refractivity (Wildman–Crippen MR) is 89.0 cm³/mol. The summed E-state index contributed by atoms with van der Waals surface area (Å²) in [5, 5.41) is 11.9. The van der Waals surface area contributed by atoms with E-state index < -0.39 is 58.9 Å². The molecule has 1 aromatic heterocycles. The largest absolute Gasteiger partial charge is 0.481 e. The van der Waals surface area contributed by atoms with Gasteiger partial charge in [-0.15, -0.1) is 0 Å². The smallest absolute Gasteiger partial charge is 0.457 e. The lowest BCUT2D eigenvalue weighted by Crippen LogP contribution is -2.62. The van der Waals surface area contributed by atoms with Crippen molar-refractivity contribution < 1.29 is 49.8 Å². The average Bonchev–Trinajstić information content (AvgIpc) is 2.70. The summed E-state index contributed by atoms with van der Waals surface area (Å²) in [6, 6.07) is 5.08. The Labute approximate surface area is 169 Å². The van der Waals surface area contributed by atoms with Crippen LogP contribution < -0.4 is 10.1 Å². The van der Waals surface area contributed by atoms with Gasteiger partial charge in [0.1, 0.15) is 0 Å². The summed E-state index contributed by atoms with van der Waals surface area (Å²) in [5.74, 6) is -8.58. The van der Waals surface area contributed by atoms with E-state index in [1.165, 1.54) is 6.07 Å². The van der Waals surface area contributed by atoms with Gasteiger partial charge in [-0.1, -0.05) is 30.3 Å². The molecule has 1 aromatic carbocycles. The van der Waals surface area contributed by atoms with E-state index in [0.29, 0.717) is 24.4 Å². The summed E-state index contributed by atoms with van der Waals surface area (Å²) >= 11 is 0. The van der Waals surface area contributed by atoms with E-state index in [1.54, 1.807) is 5.32 Å². The van der Waals surface area contributed by atoms with Crippen LogP contribution in [0, 0.1) is 0 Å². The number of aromatic nitrogens is 1. The van der Waals surface area contributed by atoms with Gasteiger partial charge in [0, 0.05) is 18.3 Å². The molecule has 0 spiro atoms. The van der Waals surface area contributed by atoms with Crippen molar-refractivity contribution in [2.45, 2.75) is 30.4 Å². The molecule has 0 aliphatic carbocycles. The van der Waals surface area contributed by atoms with Gasteiger partial charge in [0.05, 0.1) is 12.7 Å². The maximum absolute atomic E-state index is 14.2. The van der Waals surface area contributed by atoms with Crippen LogP contribution in [0.4, 0.5) is 35.1 Å². The molecule has 1 amide bonds. The number of ether oxygens (including phenoxy) is 1. The lowest BCUT2D eigenvalue weighted by atomic mass is 9.85. The molecule has 13 heteroatoms. The van der Waals surface area contributed by atoms with Crippen LogP contribution in [0.25, 0.3) is 0 Å². The van der Waals surface area contributed by atoms with Gasteiger partial charge >= 0.3 is 18.3 Å². The lowest BCUT2D eigenvalue weighted by Gasteiger charge is -2.35. The van der Waals surface area contributed by atoms with Crippen molar-refractivity contribution in [2.75, 3.05) is 7.11 Å². The fourth-order valence-electron chi connectivity index (χ4n) is 2.61. The first kappa shape index (κ1) is 24.3. The molecule has 0 bridgehead atoms. The molecule has 170 valence electrons. The van der Waals surface area contributed by atoms with Crippen molar-refractivity contribution in [3.63, 3.8) is 0 Å². The topological polar surface area (TPSA) is 71.5 Å².